The molecule has 2 rings (SSSR count). The predicted molar refractivity (Wildman–Crippen MR) is 85.3 cm³/mol. The van der Waals surface area contributed by atoms with Crippen LogP contribution >= 0.6 is 0 Å². The van der Waals surface area contributed by atoms with Crippen molar-refractivity contribution in [3.8, 4) is 5.75 Å². The summed E-state index contributed by atoms with van der Waals surface area (Å²) in [6.07, 6.45) is 4.05. The van der Waals surface area contributed by atoms with Gasteiger partial charge in [0, 0.05) is 5.69 Å². The Morgan fingerprint density at radius 3 is 2.52 bits per heavy atom. The fourth-order valence-electron chi connectivity index (χ4n) is 3.56. The number of benzene rings is 1. The highest BCUT2D eigenvalue weighted by Crippen LogP contribution is 2.40. The summed E-state index contributed by atoms with van der Waals surface area (Å²) in [5, 5.41) is 3.45. The average Bonchev–Trinajstić information content (AvgIpc) is 2.48. The second-order valence-electron chi connectivity index (χ2n) is 6.29. The molecule has 4 nitrogen and oxygen atoms in total. The highest BCUT2D eigenvalue weighted by Gasteiger charge is 2.46. The number of ether oxygens (including phenoxy) is 1. The third-order valence-corrected chi connectivity index (χ3v) is 4.67. The molecule has 0 aliphatic heterocycles. The van der Waals surface area contributed by atoms with Crippen molar-refractivity contribution >= 4 is 11.6 Å². The Balaban J connectivity index is 2.29. The van der Waals surface area contributed by atoms with Crippen LogP contribution in [0.4, 0.5) is 5.69 Å². The van der Waals surface area contributed by atoms with E-state index in [-0.39, 0.29) is 11.8 Å². The summed E-state index contributed by atoms with van der Waals surface area (Å²) < 4.78 is 5.17. The van der Waals surface area contributed by atoms with Crippen molar-refractivity contribution in [3.63, 3.8) is 0 Å². The Labute approximate surface area is 127 Å². The predicted octanol–water partition coefficient (Wildman–Crippen LogP) is 3.18. The summed E-state index contributed by atoms with van der Waals surface area (Å²) in [7, 11) is 1.64. The number of amides is 1. The lowest BCUT2D eigenvalue weighted by Crippen LogP contribution is -2.58. The number of anilines is 1. The number of hydrogen-bond donors (Lipinski definition) is 2. The fraction of sp³-hybridized carbons (Fsp3) is 0.588. The number of hydrogen-bond acceptors (Lipinski definition) is 3. The maximum absolute atomic E-state index is 12.3. The molecule has 0 radical (unpaired) electrons. The summed E-state index contributed by atoms with van der Waals surface area (Å²) in [4.78, 5) is 12.3. The number of rotatable bonds is 5. The molecule has 0 saturated heterocycles. The topological polar surface area (TPSA) is 64.3 Å². The van der Waals surface area contributed by atoms with Gasteiger partial charge in [0.25, 0.3) is 0 Å². The van der Waals surface area contributed by atoms with E-state index in [9.17, 15) is 4.79 Å². The Bertz CT molecular complexity index is 484. The van der Waals surface area contributed by atoms with Gasteiger partial charge in [0.2, 0.25) is 5.91 Å². The summed E-state index contributed by atoms with van der Waals surface area (Å²) in [6.45, 7) is 4.34. The number of carbonyl (C=O) groups is 1. The molecule has 2 unspecified atom stereocenters. The van der Waals surface area contributed by atoms with Crippen molar-refractivity contribution in [2.24, 2.45) is 17.6 Å². The van der Waals surface area contributed by atoms with Gasteiger partial charge in [0.05, 0.1) is 7.11 Å². The van der Waals surface area contributed by atoms with Gasteiger partial charge in [-0.25, -0.2) is 0 Å². The smallest absolute Gasteiger partial charge is 0.243 e. The van der Waals surface area contributed by atoms with E-state index < -0.39 is 5.54 Å². The van der Waals surface area contributed by atoms with E-state index in [0.717, 1.165) is 30.7 Å². The second kappa shape index (κ2) is 6.37. The zero-order chi connectivity index (χ0) is 15.5. The Morgan fingerprint density at radius 1 is 1.33 bits per heavy atom. The van der Waals surface area contributed by atoms with Gasteiger partial charge in [-0.3, -0.25) is 4.79 Å². The van der Waals surface area contributed by atoms with Crippen LogP contribution in [0.5, 0.6) is 5.75 Å². The molecule has 1 aromatic rings. The Kier molecular flexibility index (Phi) is 4.76. The fourth-order valence-corrected chi connectivity index (χ4v) is 3.56. The molecule has 0 bridgehead atoms. The van der Waals surface area contributed by atoms with Gasteiger partial charge >= 0.3 is 0 Å². The third kappa shape index (κ3) is 3.14. The molecule has 3 N–H and O–H groups in total. The van der Waals surface area contributed by atoms with Crippen molar-refractivity contribution in [1.29, 1.82) is 0 Å². The van der Waals surface area contributed by atoms with Crippen molar-refractivity contribution < 1.29 is 9.53 Å². The zero-order valence-corrected chi connectivity index (χ0v) is 13.2. The summed E-state index contributed by atoms with van der Waals surface area (Å²) >= 11 is 0. The van der Waals surface area contributed by atoms with Gasteiger partial charge in [-0.2, -0.15) is 0 Å². The van der Waals surface area contributed by atoms with Crippen molar-refractivity contribution in [3.05, 3.63) is 24.3 Å². The first-order valence-corrected chi connectivity index (χ1v) is 7.72. The van der Waals surface area contributed by atoms with Gasteiger partial charge in [-0.05, 0) is 48.9 Å². The largest absolute Gasteiger partial charge is 0.497 e. The molecule has 1 saturated carbocycles. The number of nitrogens with one attached hydrogen (secondary N) is 1. The van der Waals surface area contributed by atoms with Gasteiger partial charge < -0.3 is 15.8 Å². The van der Waals surface area contributed by atoms with Crippen molar-refractivity contribution in [1.82, 2.24) is 0 Å². The Hall–Kier alpha value is -1.71. The van der Waals surface area contributed by atoms with Gasteiger partial charge in [-0.1, -0.05) is 26.7 Å². The number of carbonyl (C=O) groups excluding carboxylic acids is 1. The lowest BCUT2D eigenvalue weighted by Gasteiger charge is -2.45. The maximum Gasteiger partial charge on any atom is 0.243 e. The van der Waals surface area contributed by atoms with Gasteiger partial charge in [0.1, 0.15) is 11.3 Å². The molecule has 1 fully saturated rings. The van der Waals surface area contributed by atoms with E-state index in [1.807, 2.05) is 24.3 Å². The van der Waals surface area contributed by atoms with Crippen LogP contribution in [0, 0.1) is 11.8 Å². The molecule has 2 atom stereocenters. The lowest BCUT2D eigenvalue weighted by atomic mass is 9.67. The second-order valence-corrected chi connectivity index (χ2v) is 6.29. The van der Waals surface area contributed by atoms with Gasteiger partial charge in [-0.15, -0.1) is 0 Å². The van der Waals surface area contributed by atoms with E-state index in [1.54, 1.807) is 7.11 Å². The third-order valence-electron chi connectivity index (χ3n) is 4.67. The minimum atomic E-state index is -0.638. The average molecular weight is 290 g/mol. The summed E-state index contributed by atoms with van der Waals surface area (Å²) in [6, 6.07) is 7.67. The number of primary amides is 1. The van der Waals surface area contributed by atoms with E-state index in [4.69, 9.17) is 10.5 Å². The van der Waals surface area contributed by atoms with Crippen LogP contribution in [0.3, 0.4) is 0 Å². The van der Waals surface area contributed by atoms with Crippen LogP contribution in [0.25, 0.3) is 0 Å². The molecular weight excluding hydrogens is 264 g/mol. The molecule has 0 spiro atoms. The first-order chi connectivity index (χ1) is 9.99. The van der Waals surface area contributed by atoms with Crippen LogP contribution in [0.2, 0.25) is 0 Å². The molecule has 116 valence electrons. The van der Waals surface area contributed by atoms with Crippen LogP contribution < -0.4 is 15.8 Å². The van der Waals surface area contributed by atoms with E-state index in [2.05, 4.69) is 19.2 Å². The van der Waals surface area contributed by atoms with E-state index in [1.165, 1.54) is 6.42 Å². The van der Waals surface area contributed by atoms with Crippen LogP contribution in [0.1, 0.15) is 39.5 Å². The molecular formula is C17H26N2O2. The van der Waals surface area contributed by atoms with Crippen molar-refractivity contribution in [2.45, 2.75) is 45.1 Å². The molecule has 1 aromatic carbocycles. The zero-order valence-electron chi connectivity index (χ0n) is 13.2. The maximum atomic E-state index is 12.3. The molecule has 1 aliphatic rings. The summed E-state index contributed by atoms with van der Waals surface area (Å²) in [5.41, 5.74) is 6.09. The Morgan fingerprint density at radius 2 is 2.00 bits per heavy atom. The van der Waals surface area contributed by atoms with E-state index in [0.29, 0.717) is 5.92 Å². The number of nitrogens with two attached hydrogens (primary N) is 1. The first kappa shape index (κ1) is 15.7. The van der Waals surface area contributed by atoms with Crippen LogP contribution in [0.15, 0.2) is 24.3 Å². The SMILES string of the molecule is COc1ccc(NC2(C(N)=O)CCCCC2C(C)C)cc1. The van der Waals surface area contributed by atoms with E-state index >= 15 is 0 Å². The molecule has 0 aromatic heterocycles. The highest BCUT2D eigenvalue weighted by atomic mass is 16.5. The number of methoxy groups -OCH3 is 1. The van der Waals surface area contributed by atoms with Crippen LogP contribution in [-0.2, 0) is 4.79 Å². The molecule has 1 aliphatic carbocycles. The standard InChI is InChI=1S/C17H26N2O2/c1-12(2)15-6-4-5-11-17(15,16(18)20)19-13-7-9-14(21-3)10-8-13/h7-10,12,15,19H,4-6,11H2,1-3H3,(H2,18,20). The van der Waals surface area contributed by atoms with Crippen LogP contribution in [-0.4, -0.2) is 18.6 Å². The highest BCUT2D eigenvalue weighted by molar-refractivity contribution is 5.88. The minimum absolute atomic E-state index is 0.239. The molecule has 0 heterocycles. The quantitative estimate of drug-likeness (QED) is 0.875. The lowest BCUT2D eigenvalue weighted by molar-refractivity contribution is -0.126. The molecule has 4 heteroatoms. The minimum Gasteiger partial charge on any atom is -0.497 e. The summed E-state index contributed by atoms with van der Waals surface area (Å²) in [5.74, 6) is 1.25. The van der Waals surface area contributed by atoms with Crippen molar-refractivity contribution in [2.75, 3.05) is 12.4 Å². The normalized spacial score (nSPS) is 25.6. The van der Waals surface area contributed by atoms with Gasteiger partial charge in [0.15, 0.2) is 0 Å². The molecule has 1 amide bonds. The molecule has 21 heavy (non-hydrogen) atoms. The first-order valence-electron chi connectivity index (χ1n) is 7.72. The monoisotopic (exact) mass is 290 g/mol.